The summed E-state index contributed by atoms with van der Waals surface area (Å²) in [5, 5.41) is 0. The van der Waals surface area contributed by atoms with Gasteiger partial charge in [0, 0.05) is 0 Å². The highest BCUT2D eigenvalue weighted by atomic mass is 35.6. The minimum Gasteiger partial charge on any atom is -0.357 e. The SMILES string of the molecule is CC(C)(C)O[Si](Cl)(OC(C)(C)C)OC(C)(C)C. The van der Waals surface area contributed by atoms with Crippen LogP contribution in [0.3, 0.4) is 0 Å². The fourth-order valence-corrected chi connectivity index (χ4v) is 5.56. The van der Waals surface area contributed by atoms with Crippen LogP contribution in [0.25, 0.3) is 0 Å². The van der Waals surface area contributed by atoms with Crippen LogP contribution in [0.1, 0.15) is 62.3 Å². The molecule has 0 aromatic rings. The summed E-state index contributed by atoms with van der Waals surface area (Å²) in [4.78, 5) is 0. The third-order valence-corrected chi connectivity index (χ3v) is 4.55. The molecule has 0 amide bonds. The van der Waals surface area contributed by atoms with Gasteiger partial charge in [-0.1, -0.05) is 11.1 Å². The molecule has 104 valence electrons. The largest absolute Gasteiger partial charge is 0.614 e. The summed E-state index contributed by atoms with van der Waals surface area (Å²) in [6.45, 7) is 17.5. The summed E-state index contributed by atoms with van der Waals surface area (Å²) < 4.78 is 17.5. The standard InChI is InChI=1S/C12H27ClO3Si/c1-10(2,3)14-17(13,15-11(4,5)6)16-12(7,8)9/h1-9H3. The Morgan fingerprint density at radius 1 is 0.588 bits per heavy atom. The molecule has 0 heterocycles. The van der Waals surface area contributed by atoms with E-state index < -0.39 is 24.9 Å². The molecule has 0 atom stereocenters. The number of hydrogen-bond acceptors (Lipinski definition) is 3. The Hall–Kier alpha value is 0.387. The summed E-state index contributed by atoms with van der Waals surface area (Å²) in [5.41, 5.74) is -1.20. The second kappa shape index (κ2) is 5.17. The van der Waals surface area contributed by atoms with Gasteiger partial charge in [-0.05, 0) is 62.3 Å². The zero-order valence-corrected chi connectivity index (χ0v) is 14.4. The van der Waals surface area contributed by atoms with Gasteiger partial charge in [0.25, 0.3) is 0 Å². The Labute approximate surface area is 112 Å². The molecule has 0 saturated carbocycles. The molecular weight excluding hydrogens is 256 g/mol. The van der Waals surface area contributed by atoms with Crippen molar-refractivity contribution in [2.24, 2.45) is 0 Å². The first-order valence-electron chi connectivity index (χ1n) is 5.91. The number of hydrogen-bond donors (Lipinski definition) is 0. The van der Waals surface area contributed by atoms with Crippen molar-refractivity contribution in [2.45, 2.75) is 79.1 Å². The average Bonchev–Trinajstić information content (AvgIpc) is 1.65. The van der Waals surface area contributed by atoms with Gasteiger partial charge in [0.05, 0.1) is 16.8 Å². The number of halogens is 1. The summed E-state index contributed by atoms with van der Waals surface area (Å²) in [6, 6.07) is 0. The summed E-state index contributed by atoms with van der Waals surface area (Å²) in [6.07, 6.45) is 0. The van der Waals surface area contributed by atoms with E-state index in [-0.39, 0.29) is 0 Å². The van der Waals surface area contributed by atoms with Gasteiger partial charge in [-0.2, -0.15) is 0 Å². The lowest BCUT2D eigenvalue weighted by Crippen LogP contribution is -2.53. The monoisotopic (exact) mass is 282 g/mol. The molecule has 0 rings (SSSR count). The molecule has 0 N–H and O–H groups in total. The van der Waals surface area contributed by atoms with Crippen LogP contribution >= 0.6 is 11.1 Å². The first-order chi connectivity index (χ1) is 7.12. The van der Waals surface area contributed by atoms with Crippen LogP contribution in [0.2, 0.25) is 0 Å². The predicted molar refractivity (Wildman–Crippen MR) is 74.1 cm³/mol. The lowest BCUT2D eigenvalue weighted by atomic mass is 10.2. The molecule has 0 saturated heterocycles. The summed E-state index contributed by atoms with van der Waals surface area (Å²) in [7, 11) is -3.18. The van der Waals surface area contributed by atoms with E-state index in [1.165, 1.54) is 0 Å². The average molecular weight is 283 g/mol. The molecule has 0 bridgehead atoms. The Morgan fingerprint density at radius 3 is 0.882 bits per heavy atom. The lowest BCUT2D eigenvalue weighted by Gasteiger charge is -2.38. The molecule has 5 heteroatoms. The molecule has 17 heavy (non-hydrogen) atoms. The van der Waals surface area contributed by atoms with Crippen molar-refractivity contribution in [1.82, 2.24) is 0 Å². The highest BCUT2D eigenvalue weighted by Crippen LogP contribution is 2.31. The van der Waals surface area contributed by atoms with E-state index in [2.05, 4.69) is 0 Å². The third-order valence-electron chi connectivity index (χ3n) is 1.28. The van der Waals surface area contributed by atoms with Crippen LogP contribution in [0.5, 0.6) is 0 Å². The van der Waals surface area contributed by atoms with E-state index >= 15 is 0 Å². The highest BCUT2D eigenvalue weighted by molar-refractivity contribution is 7.09. The molecule has 0 aliphatic carbocycles. The quantitative estimate of drug-likeness (QED) is 0.576. The van der Waals surface area contributed by atoms with Crippen LogP contribution in [0.15, 0.2) is 0 Å². The van der Waals surface area contributed by atoms with Gasteiger partial charge < -0.3 is 13.3 Å². The fraction of sp³-hybridized carbons (Fsp3) is 1.00. The van der Waals surface area contributed by atoms with Gasteiger partial charge in [0.2, 0.25) is 0 Å². The second-order valence-electron chi connectivity index (χ2n) is 7.12. The minimum atomic E-state index is -3.18. The van der Waals surface area contributed by atoms with Gasteiger partial charge in [-0.25, -0.2) is 0 Å². The summed E-state index contributed by atoms with van der Waals surface area (Å²) >= 11 is 6.47. The Balaban J connectivity index is 4.95. The van der Waals surface area contributed by atoms with Crippen molar-refractivity contribution >= 4 is 19.2 Å². The van der Waals surface area contributed by atoms with Crippen molar-refractivity contribution in [3.63, 3.8) is 0 Å². The Morgan fingerprint density at radius 2 is 0.765 bits per heavy atom. The third kappa shape index (κ3) is 10.0. The molecular formula is C12H27ClO3Si. The molecule has 0 fully saturated rings. The van der Waals surface area contributed by atoms with Crippen molar-refractivity contribution in [3.05, 3.63) is 0 Å². The van der Waals surface area contributed by atoms with Crippen molar-refractivity contribution in [3.8, 4) is 0 Å². The predicted octanol–water partition coefficient (Wildman–Crippen LogP) is 4.11. The van der Waals surface area contributed by atoms with Crippen LogP contribution in [-0.2, 0) is 13.3 Å². The van der Waals surface area contributed by atoms with Crippen LogP contribution in [0.4, 0.5) is 0 Å². The maximum atomic E-state index is 6.47. The maximum absolute atomic E-state index is 6.47. The summed E-state index contributed by atoms with van der Waals surface area (Å²) in [5.74, 6) is 0. The molecule has 0 aromatic carbocycles. The normalized spacial score (nSPS) is 15.2. The Bertz CT molecular complexity index is 207. The van der Waals surface area contributed by atoms with Gasteiger partial charge in [0.1, 0.15) is 0 Å². The van der Waals surface area contributed by atoms with Crippen molar-refractivity contribution in [2.75, 3.05) is 0 Å². The molecule has 0 radical (unpaired) electrons. The zero-order valence-electron chi connectivity index (χ0n) is 12.6. The first kappa shape index (κ1) is 17.4. The molecule has 0 spiro atoms. The van der Waals surface area contributed by atoms with E-state index in [1.54, 1.807) is 0 Å². The first-order valence-corrected chi connectivity index (χ1v) is 8.65. The second-order valence-corrected chi connectivity index (χ2v) is 10.1. The maximum Gasteiger partial charge on any atom is 0.614 e. The zero-order chi connectivity index (χ0) is 14.1. The highest BCUT2D eigenvalue weighted by Gasteiger charge is 2.49. The van der Waals surface area contributed by atoms with Gasteiger partial charge in [-0.3, -0.25) is 0 Å². The number of rotatable bonds is 3. The molecule has 0 aliphatic rings. The van der Waals surface area contributed by atoms with Gasteiger partial charge in [-0.15, -0.1) is 0 Å². The van der Waals surface area contributed by atoms with Crippen LogP contribution < -0.4 is 0 Å². The Kier molecular flexibility index (Phi) is 5.29. The molecule has 0 unspecified atom stereocenters. The minimum absolute atomic E-state index is 0.398. The fourth-order valence-electron chi connectivity index (χ4n) is 1.16. The van der Waals surface area contributed by atoms with Crippen molar-refractivity contribution < 1.29 is 13.3 Å². The van der Waals surface area contributed by atoms with E-state index in [1.807, 2.05) is 62.3 Å². The van der Waals surface area contributed by atoms with E-state index in [0.717, 1.165) is 0 Å². The van der Waals surface area contributed by atoms with E-state index in [9.17, 15) is 0 Å². The molecule has 3 nitrogen and oxygen atoms in total. The van der Waals surface area contributed by atoms with Gasteiger partial charge >= 0.3 is 8.11 Å². The van der Waals surface area contributed by atoms with Crippen molar-refractivity contribution in [1.29, 1.82) is 0 Å². The van der Waals surface area contributed by atoms with Gasteiger partial charge in [0.15, 0.2) is 0 Å². The smallest absolute Gasteiger partial charge is 0.357 e. The van der Waals surface area contributed by atoms with Crippen LogP contribution in [0, 0.1) is 0 Å². The molecule has 0 aromatic heterocycles. The molecule has 0 aliphatic heterocycles. The van der Waals surface area contributed by atoms with E-state index in [4.69, 9.17) is 24.4 Å². The van der Waals surface area contributed by atoms with Crippen LogP contribution in [-0.4, -0.2) is 24.9 Å². The lowest BCUT2D eigenvalue weighted by molar-refractivity contribution is -0.0595. The topological polar surface area (TPSA) is 27.7 Å². The van der Waals surface area contributed by atoms with E-state index in [0.29, 0.717) is 0 Å².